The van der Waals surface area contributed by atoms with Crippen molar-refractivity contribution < 1.29 is 4.74 Å². The molecule has 108 valence electrons. The van der Waals surface area contributed by atoms with Gasteiger partial charge in [0.2, 0.25) is 11.8 Å². The van der Waals surface area contributed by atoms with Crippen molar-refractivity contribution in [3.8, 4) is 11.6 Å². The highest BCUT2D eigenvalue weighted by Crippen LogP contribution is 2.28. The van der Waals surface area contributed by atoms with E-state index in [4.69, 9.17) is 4.74 Å². The fourth-order valence-corrected chi connectivity index (χ4v) is 1.88. The second-order valence-electron chi connectivity index (χ2n) is 4.60. The normalized spacial score (nSPS) is 10.8. The van der Waals surface area contributed by atoms with E-state index >= 15 is 0 Å². The largest absolute Gasteiger partial charge is 0.436 e. The van der Waals surface area contributed by atoms with Gasteiger partial charge < -0.3 is 10.1 Å². The molecule has 0 amide bonds. The highest BCUT2D eigenvalue weighted by molar-refractivity contribution is 5.80. The standard InChI is InChI=1S/C14H16N6O/c1-3-6-16-14-18-12-10(8-17-20-12)13(19-14)21-11-5-4-7-15-9(11)2/h4-5,7-8H,3,6H2,1-2H3,(H2,16,17,18,19,20). The van der Waals surface area contributed by atoms with Crippen LogP contribution in [0.15, 0.2) is 24.5 Å². The second-order valence-corrected chi connectivity index (χ2v) is 4.60. The second kappa shape index (κ2) is 5.74. The van der Waals surface area contributed by atoms with E-state index in [1.165, 1.54) is 0 Å². The molecule has 21 heavy (non-hydrogen) atoms. The molecule has 3 rings (SSSR count). The first-order valence-corrected chi connectivity index (χ1v) is 6.82. The molecule has 3 heterocycles. The van der Waals surface area contributed by atoms with Gasteiger partial charge in [-0.2, -0.15) is 15.1 Å². The summed E-state index contributed by atoms with van der Waals surface area (Å²) in [5.74, 6) is 1.65. The maximum Gasteiger partial charge on any atom is 0.235 e. The van der Waals surface area contributed by atoms with Crippen LogP contribution in [0.4, 0.5) is 5.95 Å². The summed E-state index contributed by atoms with van der Waals surface area (Å²) in [6.45, 7) is 4.77. The Morgan fingerprint density at radius 2 is 2.24 bits per heavy atom. The van der Waals surface area contributed by atoms with Gasteiger partial charge in [-0.3, -0.25) is 10.1 Å². The third-order valence-corrected chi connectivity index (χ3v) is 2.97. The lowest BCUT2D eigenvalue weighted by Gasteiger charge is -2.09. The number of nitrogens with one attached hydrogen (secondary N) is 2. The molecule has 0 saturated heterocycles. The zero-order chi connectivity index (χ0) is 14.7. The zero-order valence-corrected chi connectivity index (χ0v) is 11.9. The molecule has 0 fully saturated rings. The van der Waals surface area contributed by atoms with E-state index in [1.807, 2.05) is 19.1 Å². The summed E-state index contributed by atoms with van der Waals surface area (Å²) in [6, 6.07) is 3.68. The Morgan fingerprint density at radius 1 is 1.33 bits per heavy atom. The average Bonchev–Trinajstić information content (AvgIpc) is 2.96. The van der Waals surface area contributed by atoms with E-state index in [0.29, 0.717) is 23.2 Å². The zero-order valence-electron chi connectivity index (χ0n) is 11.9. The lowest BCUT2D eigenvalue weighted by atomic mass is 10.3. The highest BCUT2D eigenvalue weighted by Gasteiger charge is 2.12. The van der Waals surface area contributed by atoms with Crippen LogP contribution in [0.5, 0.6) is 11.6 Å². The summed E-state index contributed by atoms with van der Waals surface area (Å²) in [6.07, 6.45) is 4.37. The highest BCUT2D eigenvalue weighted by atomic mass is 16.5. The Bertz CT molecular complexity index is 754. The average molecular weight is 284 g/mol. The molecule has 0 saturated carbocycles. The van der Waals surface area contributed by atoms with Crippen molar-refractivity contribution in [2.75, 3.05) is 11.9 Å². The molecule has 0 bridgehead atoms. The number of fused-ring (bicyclic) bond motifs is 1. The van der Waals surface area contributed by atoms with Gasteiger partial charge in [0.05, 0.1) is 11.9 Å². The molecule has 7 heteroatoms. The van der Waals surface area contributed by atoms with Crippen molar-refractivity contribution >= 4 is 17.0 Å². The third-order valence-electron chi connectivity index (χ3n) is 2.97. The maximum atomic E-state index is 5.89. The summed E-state index contributed by atoms with van der Waals surface area (Å²) in [7, 11) is 0. The van der Waals surface area contributed by atoms with E-state index in [2.05, 4.69) is 37.4 Å². The van der Waals surface area contributed by atoms with Gasteiger partial charge in [0.1, 0.15) is 5.39 Å². The lowest BCUT2D eigenvalue weighted by molar-refractivity contribution is 0.462. The molecule has 0 aromatic carbocycles. The number of rotatable bonds is 5. The number of nitrogens with zero attached hydrogens (tertiary/aromatic N) is 4. The van der Waals surface area contributed by atoms with E-state index in [-0.39, 0.29) is 0 Å². The van der Waals surface area contributed by atoms with E-state index in [0.717, 1.165) is 24.0 Å². The minimum atomic E-state index is 0.462. The van der Waals surface area contributed by atoms with Crippen LogP contribution >= 0.6 is 0 Å². The van der Waals surface area contributed by atoms with E-state index in [9.17, 15) is 0 Å². The van der Waals surface area contributed by atoms with Gasteiger partial charge >= 0.3 is 0 Å². The molecule has 0 spiro atoms. The van der Waals surface area contributed by atoms with Crippen molar-refractivity contribution in [1.82, 2.24) is 25.1 Å². The quantitative estimate of drug-likeness (QED) is 0.748. The van der Waals surface area contributed by atoms with Crippen LogP contribution in [0.2, 0.25) is 0 Å². The summed E-state index contributed by atoms with van der Waals surface area (Å²) in [5.41, 5.74) is 1.44. The molecule has 2 N–H and O–H groups in total. The van der Waals surface area contributed by atoms with E-state index < -0.39 is 0 Å². The number of hydrogen-bond donors (Lipinski definition) is 2. The summed E-state index contributed by atoms with van der Waals surface area (Å²) >= 11 is 0. The molecular weight excluding hydrogens is 268 g/mol. The molecule has 7 nitrogen and oxygen atoms in total. The fourth-order valence-electron chi connectivity index (χ4n) is 1.88. The number of aryl methyl sites for hydroxylation is 1. The molecule has 3 aromatic heterocycles. The van der Waals surface area contributed by atoms with Crippen LogP contribution in [0.1, 0.15) is 19.0 Å². The van der Waals surface area contributed by atoms with Crippen LogP contribution in [0.25, 0.3) is 11.0 Å². The molecule has 0 unspecified atom stereocenters. The number of aromatic nitrogens is 5. The molecule has 3 aromatic rings. The molecule has 0 aliphatic rings. The smallest absolute Gasteiger partial charge is 0.235 e. The van der Waals surface area contributed by atoms with Gasteiger partial charge in [-0.1, -0.05) is 6.92 Å². The van der Waals surface area contributed by atoms with Gasteiger partial charge in [-0.15, -0.1) is 0 Å². The predicted molar refractivity (Wildman–Crippen MR) is 79.5 cm³/mol. The number of pyridine rings is 1. The number of anilines is 1. The van der Waals surface area contributed by atoms with Crippen molar-refractivity contribution in [1.29, 1.82) is 0 Å². The van der Waals surface area contributed by atoms with Crippen LogP contribution in [0, 0.1) is 6.92 Å². The Hall–Kier alpha value is -2.70. The van der Waals surface area contributed by atoms with Gasteiger partial charge in [0.25, 0.3) is 0 Å². The van der Waals surface area contributed by atoms with Crippen molar-refractivity contribution in [3.05, 3.63) is 30.2 Å². The maximum absolute atomic E-state index is 5.89. The molecule has 0 radical (unpaired) electrons. The SMILES string of the molecule is CCCNc1nc(Oc2cccnc2C)c2cn[nH]c2n1. The summed E-state index contributed by atoms with van der Waals surface area (Å²) < 4.78 is 5.89. The Morgan fingerprint density at radius 3 is 3.05 bits per heavy atom. The monoisotopic (exact) mass is 284 g/mol. The van der Waals surface area contributed by atoms with Crippen LogP contribution in [-0.4, -0.2) is 31.7 Å². The fraction of sp³-hybridized carbons (Fsp3) is 0.286. The van der Waals surface area contributed by atoms with Gasteiger partial charge in [0, 0.05) is 12.7 Å². The first-order chi connectivity index (χ1) is 10.3. The predicted octanol–water partition coefficient (Wildman–Crippen LogP) is 2.67. The number of aromatic amines is 1. The summed E-state index contributed by atoms with van der Waals surface area (Å²) in [4.78, 5) is 13.0. The van der Waals surface area contributed by atoms with Crippen LogP contribution in [0.3, 0.4) is 0 Å². The minimum Gasteiger partial charge on any atom is -0.436 e. The first kappa shape index (κ1) is 13.3. The Balaban J connectivity index is 2.00. The van der Waals surface area contributed by atoms with E-state index in [1.54, 1.807) is 12.4 Å². The van der Waals surface area contributed by atoms with Gasteiger partial charge in [-0.05, 0) is 25.5 Å². The van der Waals surface area contributed by atoms with Crippen LogP contribution < -0.4 is 10.1 Å². The number of ether oxygens (including phenoxy) is 1. The Kier molecular flexibility index (Phi) is 3.63. The third kappa shape index (κ3) is 2.76. The van der Waals surface area contributed by atoms with Crippen molar-refractivity contribution in [2.45, 2.75) is 20.3 Å². The summed E-state index contributed by atoms with van der Waals surface area (Å²) in [5, 5.41) is 10.7. The topological polar surface area (TPSA) is 88.6 Å². The van der Waals surface area contributed by atoms with Gasteiger partial charge in [-0.25, -0.2) is 0 Å². The number of hydrogen-bond acceptors (Lipinski definition) is 6. The van der Waals surface area contributed by atoms with Crippen molar-refractivity contribution in [2.24, 2.45) is 0 Å². The first-order valence-electron chi connectivity index (χ1n) is 6.82. The minimum absolute atomic E-state index is 0.462. The van der Waals surface area contributed by atoms with Crippen molar-refractivity contribution in [3.63, 3.8) is 0 Å². The van der Waals surface area contributed by atoms with Gasteiger partial charge in [0.15, 0.2) is 11.4 Å². The molecular formula is C14H16N6O. The Labute approximate surface area is 121 Å². The van der Waals surface area contributed by atoms with Crippen LogP contribution in [-0.2, 0) is 0 Å². The molecule has 0 atom stereocenters. The number of H-pyrrole nitrogens is 1. The molecule has 0 aliphatic heterocycles. The lowest BCUT2D eigenvalue weighted by Crippen LogP contribution is -2.05. The molecule has 0 aliphatic carbocycles.